The van der Waals surface area contributed by atoms with E-state index in [4.69, 9.17) is 9.47 Å². The zero-order valence-electron chi connectivity index (χ0n) is 12.9. The molecule has 1 atom stereocenters. The van der Waals surface area contributed by atoms with Gasteiger partial charge in [0.1, 0.15) is 18.5 Å². The molecule has 0 unspecified atom stereocenters. The Balaban J connectivity index is 2.47. The summed E-state index contributed by atoms with van der Waals surface area (Å²) in [5, 5.41) is 0. The van der Waals surface area contributed by atoms with Crippen molar-refractivity contribution in [1.82, 2.24) is 4.90 Å². The fraction of sp³-hybridized carbons (Fsp3) is 0.562. The maximum atomic E-state index is 12.2. The number of methoxy groups -OCH3 is 1. The minimum Gasteiger partial charge on any atom is -0.492 e. The molecule has 0 aliphatic heterocycles. The van der Waals surface area contributed by atoms with Crippen LogP contribution in [0.15, 0.2) is 24.3 Å². The van der Waals surface area contributed by atoms with Crippen LogP contribution in [-0.2, 0) is 9.53 Å². The van der Waals surface area contributed by atoms with Gasteiger partial charge in [0.2, 0.25) is 0 Å². The molecule has 0 saturated heterocycles. The van der Waals surface area contributed by atoms with E-state index in [0.717, 1.165) is 11.3 Å². The van der Waals surface area contributed by atoms with Crippen molar-refractivity contribution in [2.45, 2.75) is 33.3 Å². The van der Waals surface area contributed by atoms with Crippen LogP contribution >= 0.6 is 0 Å². The number of carbonyl (C=O) groups excluding carboxylic acids is 1. The maximum Gasteiger partial charge on any atom is 0.251 e. The lowest BCUT2D eigenvalue weighted by atomic mass is 10.2. The van der Waals surface area contributed by atoms with E-state index in [0.29, 0.717) is 26.1 Å². The lowest BCUT2D eigenvalue weighted by molar-refractivity contribution is -0.142. The van der Waals surface area contributed by atoms with Crippen molar-refractivity contribution >= 4 is 5.91 Å². The van der Waals surface area contributed by atoms with Crippen molar-refractivity contribution in [1.29, 1.82) is 0 Å². The molecule has 0 bridgehead atoms. The number of nitrogens with zero attached hydrogens (tertiary/aromatic N) is 1. The van der Waals surface area contributed by atoms with Gasteiger partial charge in [-0.2, -0.15) is 0 Å². The van der Waals surface area contributed by atoms with Gasteiger partial charge in [0, 0.05) is 13.7 Å². The number of aryl methyl sites for hydroxylation is 1. The Kier molecular flexibility index (Phi) is 7.09. The average Bonchev–Trinajstić information content (AvgIpc) is 2.45. The number of benzene rings is 1. The Morgan fingerprint density at radius 1 is 1.35 bits per heavy atom. The molecule has 0 fully saturated rings. The smallest absolute Gasteiger partial charge is 0.251 e. The molecule has 1 aromatic rings. The first-order chi connectivity index (χ1) is 9.62. The monoisotopic (exact) mass is 279 g/mol. The summed E-state index contributed by atoms with van der Waals surface area (Å²) < 4.78 is 10.9. The van der Waals surface area contributed by atoms with Crippen LogP contribution < -0.4 is 4.74 Å². The topological polar surface area (TPSA) is 38.8 Å². The Hall–Kier alpha value is -1.55. The van der Waals surface area contributed by atoms with Crippen molar-refractivity contribution < 1.29 is 14.3 Å². The number of likely N-dealkylation sites (N-methyl/N-ethyl adjacent to an activating group) is 1. The van der Waals surface area contributed by atoms with Crippen LogP contribution in [0.2, 0.25) is 0 Å². The lowest BCUT2D eigenvalue weighted by Crippen LogP contribution is -2.41. The van der Waals surface area contributed by atoms with E-state index in [2.05, 4.69) is 0 Å². The van der Waals surface area contributed by atoms with Gasteiger partial charge >= 0.3 is 0 Å². The van der Waals surface area contributed by atoms with E-state index in [1.54, 1.807) is 12.0 Å². The number of hydrogen-bond acceptors (Lipinski definition) is 3. The molecule has 0 aliphatic rings. The summed E-state index contributed by atoms with van der Waals surface area (Å²) in [5.74, 6) is 0.873. The van der Waals surface area contributed by atoms with E-state index in [1.165, 1.54) is 0 Å². The van der Waals surface area contributed by atoms with Crippen molar-refractivity contribution in [2.75, 3.05) is 26.8 Å². The van der Waals surface area contributed by atoms with E-state index in [9.17, 15) is 4.79 Å². The average molecular weight is 279 g/mol. The number of amides is 1. The quantitative estimate of drug-likeness (QED) is 0.734. The predicted molar refractivity (Wildman–Crippen MR) is 80.0 cm³/mol. The largest absolute Gasteiger partial charge is 0.492 e. The highest BCUT2D eigenvalue weighted by Gasteiger charge is 2.21. The fourth-order valence-electron chi connectivity index (χ4n) is 2.05. The summed E-state index contributed by atoms with van der Waals surface area (Å²) >= 11 is 0. The van der Waals surface area contributed by atoms with Gasteiger partial charge in [-0.05, 0) is 38.0 Å². The first-order valence-corrected chi connectivity index (χ1v) is 7.13. The molecule has 1 rings (SSSR count). The van der Waals surface area contributed by atoms with Crippen LogP contribution in [0.4, 0.5) is 0 Å². The summed E-state index contributed by atoms with van der Waals surface area (Å²) in [6.45, 7) is 7.66. The molecule has 0 N–H and O–H groups in total. The SMILES string of the molecule is CC[C@@H](OC)C(=O)N(CC)CCOc1cccc(C)c1. The lowest BCUT2D eigenvalue weighted by Gasteiger charge is -2.25. The van der Waals surface area contributed by atoms with Crippen LogP contribution in [0.1, 0.15) is 25.8 Å². The third kappa shape index (κ3) is 4.85. The number of carbonyl (C=O) groups is 1. The molecule has 0 saturated carbocycles. The number of ether oxygens (including phenoxy) is 2. The second-order valence-corrected chi connectivity index (χ2v) is 4.72. The molecule has 0 heterocycles. The zero-order chi connectivity index (χ0) is 15.0. The summed E-state index contributed by atoms with van der Waals surface area (Å²) in [6.07, 6.45) is 0.332. The van der Waals surface area contributed by atoms with E-state index in [-0.39, 0.29) is 12.0 Å². The molecule has 1 amide bonds. The van der Waals surface area contributed by atoms with Crippen molar-refractivity contribution in [2.24, 2.45) is 0 Å². The van der Waals surface area contributed by atoms with Gasteiger partial charge in [0.15, 0.2) is 0 Å². The van der Waals surface area contributed by atoms with Crippen molar-refractivity contribution in [3.8, 4) is 5.75 Å². The van der Waals surface area contributed by atoms with Gasteiger partial charge in [-0.3, -0.25) is 4.79 Å². The summed E-state index contributed by atoms with van der Waals surface area (Å²) in [7, 11) is 1.57. The van der Waals surface area contributed by atoms with Crippen LogP contribution in [-0.4, -0.2) is 43.7 Å². The van der Waals surface area contributed by atoms with Crippen molar-refractivity contribution in [3.05, 3.63) is 29.8 Å². The summed E-state index contributed by atoms with van der Waals surface area (Å²) in [5.41, 5.74) is 1.16. The molecule has 0 aliphatic carbocycles. The van der Waals surface area contributed by atoms with E-state index in [1.807, 2.05) is 45.0 Å². The molecule has 4 heteroatoms. The Morgan fingerprint density at radius 2 is 2.10 bits per heavy atom. The van der Waals surface area contributed by atoms with Gasteiger partial charge in [0.25, 0.3) is 5.91 Å². The first kappa shape index (κ1) is 16.5. The standard InChI is InChI=1S/C16H25NO3/c1-5-15(19-4)16(18)17(6-2)10-11-20-14-9-7-8-13(3)12-14/h7-9,12,15H,5-6,10-11H2,1-4H3/t15-/m1/s1. The van der Waals surface area contributed by atoms with Gasteiger partial charge in [-0.1, -0.05) is 19.1 Å². The number of rotatable bonds is 8. The van der Waals surface area contributed by atoms with Crippen LogP contribution in [0, 0.1) is 6.92 Å². The molecular weight excluding hydrogens is 254 g/mol. The highest BCUT2D eigenvalue weighted by Crippen LogP contribution is 2.12. The maximum absolute atomic E-state index is 12.2. The minimum atomic E-state index is -0.353. The molecule has 4 nitrogen and oxygen atoms in total. The Morgan fingerprint density at radius 3 is 2.65 bits per heavy atom. The van der Waals surface area contributed by atoms with Crippen LogP contribution in [0.3, 0.4) is 0 Å². The molecule has 112 valence electrons. The second-order valence-electron chi connectivity index (χ2n) is 4.72. The van der Waals surface area contributed by atoms with Gasteiger partial charge in [-0.25, -0.2) is 0 Å². The van der Waals surface area contributed by atoms with Gasteiger partial charge < -0.3 is 14.4 Å². The molecule has 1 aromatic carbocycles. The molecule has 0 radical (unpaired) electrons. The van der Waals surface area contributed by atoms with Gasteiger partial charge in [-0.15, -0.1) is 0 Å². The van der Waals surface area contributed by atoms with Crippen molar-refractivity contribution in [3.63, 3.8) is 0 Å². The Labute approximate surface area is 121 Å². The zero-order valence-corrected chi connectivity index (χ0v) is 12.9. The van der Waals surface area contributed by atoms with E-state index < -0.39 is 0 Å². The fourth-order valence-corrected chi connectivity index (χ4v) is 2.05. The van der Waals surface area contributed by atoms with E-state index >= 15 is 0 Å². The third-order valence-corrected chi connectivity index (χ3v) is 3.24. The second kappa shape index (κ2) is 8.59. The molecule has 0 aromatic heterocycles. The normalized spacial score (nSPS) is 12.0. The number of hydrogen-bond donors (Lipinski definition) is 0. The first-order valence-electron chi connectivity index (χ1n) is 7.13. The highest BCUT2D eigenvalue weighted by molar-refractivity contribution is 5.80. The minimum absolute atomic E-state index is 0.0327. The highest BCUT2D eigenvalue weighted by atomic mass is 16.5. The van der Waals surface area contributed by atoms with Crippen LogP contribution in [0.5, 0.6) is 5.75 Å². The third-order valence-electron chi connectivity index (χ3n) is 3.24. The van der Waals surface area contributed by atoms with Crippen LogP contribution in [0.25, 0.3) is 0 Å². The van der Waals surface area contributed by atoms with Gasteiger partial charge in [0.05, 0.1) is 6.54 Å². The summed E-state index contributed by atoms with van der Waals surface area (Å²) in [4.78, 5) is 13.9. The molecular formula is C16H25NO3. The molecule has 0 spiro atoms. The predicted octanol–water partition coefficient (Wildman–Crippen LogP) is 2.65. The summed E-state index contributed by atoms with van der Waals surface area (Å²) in [6, 6.07) is 7.90. The molecule has 20 heavy (non-hydrogen) atoms. The Bertz CT molecular complexity index is 416.